The normalized spacial score (nSPS) is 14.7. The first kappa shape index (κ1) is 17.6. The second-order valence-electron chi connectivity index (χ2n) is 7.07. The van der Waals surface area contributed by atoms with Crippen LogP contribution in [0.1, 0.15) is 18.1 Å². The predicted octanol–water partition coefficient (Wildman–Crippen LogP) is 4.61. The van der Waals surface area contributed by atoms with Crippen molar-refractivity contribution >= 4 is 18.4 Å². The molecule has 22 heavy (non-hydrogen) atoms. The molecule has 2 aromatic rings. The van der Waals surface area contributed by atoms with Crippen LogP contribution in [0.5, 0.6) is 0 Å². The summed E-state index contributed by atoms with van der Waals surface area (Å²) in [6.07, 6.45) is 3.38. The maximum atomic E-state index is 6.34. The van der Waals surface area contributed by atoms with E-state index >= 15 is 0 Å². The van der Waals surface area contributed by atoms with E-state index in [4.69, 9.17) is 13.9 Å². The molecule has 1 aromatic heterocycles. The number of furan rings is 1. The second-order valence-corrected chi connectivity index (χ2v) is 22.5. The van der Waals surface area contributed by atoms with Crippen LogP contribution in [0.15, 0.2) is 53.3 Å². The minimum absolute atomic E-state index is 0.408. The van der Waals surface area contributed by atoms with Crippen molar-refractivity contribution in [2.24, 2.45) is 0 Å². The Balaban J connectivity index is 2.04. The van der Waals surface area contributed by atoms with Gasteiger partial charge in [0.25, 0.3) is 0 Å². The molecule has 0 aliphatic heterocycles. The van der Waals surface area contributed by atoms with E-state index in [1.807, 2.05) is 24.3 Å². The summed E-state index contributed by atoms with van der Waals surface area (Å²) in [6.45, 7) is 3.19. The van der Waals surface area contributed by atoms with Crippen LogP contribution in [-0.4, -0.2) is 29.6 Å². The molecule has 0 aliphatic rings. The average Bonchev–Trinajstić information content (AvgIpc) is 2.99. The molecule has 0 fully saturated rings. The third-order valence-electron chi connectivity index (χ3n) is 3.43. The van der Waals surface area contributed by atoms with Crippen molar-refractivity contribution in [3.8, 4) is 0 Å². The summed E-state index contributed by atoms with van der Waals surface area (Å²) in [5, 5.41) is 0. The Labute approximate surface area is 137 Å². The van der Waals surface area contributed by atoms with Crippen LogP contribution in [0.3, 0.4) is 0 Å². The molecule has 120 valence electrons. The van der Waals surface area contributed by atoms with Gasteiger partial charge in [0.05, 0.1) is 0 Å². The summed E-state index contributed by atoms with van der Waals surface area (Å²) in [5.41, 5.74) is 1.80. The number of hydrogen-bond donors (Lipinski definition) is 0. The molecule has 3 nitrogen and oxygen atoms in total. The van der Waals surface area contributed by atoms with E-state index < -0.39 is 24.0 Å². The fourth-order valence-corrected chi connectivity index (χ4v) is 4.26. The van der Waals surface area contributed by atoms with Gasteiger partial charge in [-0.3, -0.25) is 0 Å². The van der Waals surface area contributed by atoms with Crippen molar-refractivity contribution in [3.63, 3.8) is 0 Å². The van der Waals surface area contributed by atoms with E-state index in [-0.39, 0.29) is 0 Å². The number of ether oxygens (including phenoxy) is 2. The van der Waals surface area contributed by atoms with Gasteiger partial charge < -0.3 is 0 Å². The van der Waals surface area contributed by atoms with Crippen molar-refractivity contribution in [2.45, 2.75) is 34.0 Å². The number of hydrogen-bond acceptors (Lipinski definition) is 3. The van der Waals surface area contributed by atoms with E-state index in [1.54, 1.807) is 12.5 Å². The summed E-state index contributed by atoms with van der Waals surface area (Å²) in [6, 6.07) is 12.3. The first-order valence-corrected chi connectivity index (χ1v) is 18.3. The van der Waals surface area contributed by atoms with Crippen molar-refractivity contribution in [1.29, 1.82) is 0 Å². The van der Waals surface area contributed by atoms with Crippen LogP contribution in [0.2, 0.25) is 14.8 Å². The van der Waals surface area contributed by atoms with Crippen molar-refractivity contribution in [2.75, 3.05) is 11.2 Å². The van der Waals surface area contributed by atoms with Gasteiger partial charge in [0.15, 0.2) is 0 Å². The van der Waals surface area contributed by atoms with Gasteiger partial charge in [-0.15, -0.1) is 0 Å². The Morgan fingerprint density at radius 3 is 2.41 bits per heavy atom. The van der Waals surface area contributed by atoms with Gasteiger partial charge in [-0.25, -0.2) is 0 Å². The summed E-state index contributed by atoms with van der Waals surface area (Å²) in [7, 11) is 0. The van der Waals surface area contributed by atoms with Gasteiger partial charge in [-0.05, 0) is 0 Å². The minimum atomic E-state index is -2.00. The van der Waals surface area contributed by atoms with Gasteiger partial charge in [-0.1, -0.05) is 0 Å². The predicted molar refractivity (Wildman–Crippen MR) is 91.5 cm³/mol. The Bertz CT molecular complexity index is 545. The van der Waals surface area contributed by atoms with Crippen LogP contribution < -0.4 is 0 Å². The summed E-state index contributed by atoms with van der Waals surface area (Å²) < 4.78 is 18.2. The molecule has 0 saturated heterocycles. The standard InChI is InChI=1S/C15H17O3.3CH3.Sn/c1-15(16-2,14-6-4-3-5-7-14)12-18-11-13-8-9-17-10-13;;;;/h3-10H,2,11-12H2,1H3;3*1H3;. The van der Waals surface area contributed by atoms with E-state index in [9.17, 15) is 0 Å². The van der Waals surface area contributed by atoms with Crippen LogP contribution in [-0.2, 0) is 21.7 Å². The zero-order valence-corrected chi connectivity index (χ0v) is 16.8. The molecule has 0 amide bonds. The van der Waals surface area contributed by atoms with Gasteiger partial charge in [0.2, 0.25) is 0 Å². The Morgan fingerprint density at radius 1 is 1.09 bits per heavy atom. The fraction of sp³-hybridized carbons (Fsp3) is 0.444. The third-order valence-corrected chi connectivity index (χ3v) is 6.32. The van der Waals surface area contributed by atoms with E-state index in [0.717, 1.165) is 15.7 Å². The molecule has 4 heteroatoms. The Hall–Kier alpha value is -0.781. The van der Waals surface area contributed by atoms with Crippen LogP contribution >= 0.6 is 0 Å². The van der Waals surface area contributed by atoms with Crippen LogP contribution in [0.25, 0.3) is 0 Å². The summed E-state index contributed by atoms with van der Waals surface area (Å²) >= 11 is -2.00. The Kier molecular flexibility index (Phi) is 6.12. The van der Waals surface area contributed by atoms with E-state index in [1.165, 1.54) is 0 Å². The molecule has 2 rings (SSSR count). The van der Waals surface area contributed by atoms with E-state index in [2.05, 4.69) is 33.9 Å². The molecule has 1 heterocycles. The summed E-state index contributed by atoms with van der Waals surface area (Å²) in [4.78, 5) is 7.14. The molecule has 0 radical (unpaired) electrons. The van der Waals surface area contributed by atoms with E-state index in [0.29, 0.717) is 13.2 Å². The number of benzene rings is 1. The van der Waals surface area contributed by atoms with Gasteiger partial charge >= 0.3 is 137 Å². The van der Waals surface area contributed by atoms with Crippen molar-refractivity contribution < 1.29 is 13.9 Å². The first-order chi connectivity index (χ1) is 10.4. The fourth-order valence-electron chi connectivity index (χ4n) is 2.11. The van der Waals surface area contributed by atoms with Crippen LogP contribution in [0, 0.1) is 0 Å². The summed E-state index contributed by atoms with van der Waals surface area (Å²) in [5.74, 6) is 0. The zero-order valence-electron chi connectivity index (χ0n) is 14.0. The zero-order chi connectivity index (χ0) is 16.1. The molecule has 0 bridgehead atoms. The quantitative estimate of drug-likeness (QED) is 0.598. The van der Waals surface area contributed by atoms with Gasteiger partial charge in [0, 0.05) is 0 Å². The maximum absolute atomic E-state index is 6.34. The molecular formula is C18H26O3Sn. The molecule has 0 N–H and O–H groups in total. The van der Waals surface area contributed by atoms with Gasteiger partial charge in [0.1, 0.15) is 0 Å². The molecule has 1 aromatic carbocycles. The SMILES string of the molecule is CC(COCc1ccoc1)(O[CH2][Sn]([CH3])([CH3])[CH3])c1ccccc1. The molecule has 0 aliphatic carbocycles. The van der Waals surface area contributed by atoms with Crippen LogP contribution in [0.4, 0.5) is 0 Å². The average molecular weight is 409 g/mol. The van der Waals surface area contributed by atoms with Gasteiger partial charge in [-0.2, -0.15) is 0 Å². The second kappa shape index (κ2) is 7.66. The number of rotatable bonds is 8. The van der Waals surface area contributed by atoms with Crippen molar-refractivity contribution in [1.82, 2.24) is 0 Å². The first-order valence-electron chi connectivity index (χ1n) is 7.67. The molecule has 1 unspecified atom stereocenters. The molecule has 1 atom stereocenters. The molecule has 0 saturated carbocycles. The Morgan fingerprint density at radius 2 is 1.82 bits per heavy atom. The molecular weight excluding hydrogens is 383 g/mol. The van der Waals surface area contributed by atoms with Crippen molar-refractivity contribution in [3.05, 3.63) is 60.1 Å². The topological polar surface area (TPSA) is 31.6 Å². The monoisotopic (exact) mass is 410 g/mol. The third kappa shape index (κ3) is 5.45. The molecule has 0 spiro atoms.